The lowest BCUT2D eigenvalue weighted by Gasteiger charge is -2.20. The summed E-state index contributed by atoms with van der Waals surface area (Å²) >= 11 is 6.14. The fourth-order valence-corrected chi connectivity index (χ4v) is 4.98. The molecular formula is C17H16ClNO4S. The average Bonchev–Trinajstić information content (AvgIpc) is 2.92. The zero-order chi connectivity index (χ0) is 17.5. The summed E-state index contributed by atoms with van der Waals surface area (Å²) in [5.74, 6) is -0.468. The molecule has 0 aromatic heterocycles. The maximum atomic E-state index is 13.0. The number of carbonyl (C=O) groups is 1. The van der Waals surface area contributed by atoms with Crippen molar-refractivity contribution in [2.75, 3.05) is 18.0 Å². The van der Waals surface area contributed by atoms with E-state index in [0.29, 0.717) is 12.2 Å². The molecule has 0 fully saturated rings. The summed E-state index contributed by atoms with van der Waals surface area (Å²) in [6, 6.07) is 11.5. The predicted octanol–water partition coefficient (Wildman–Crippen LogP) is 3.44. The average molecular weight is 366 g/mol. The lowest BCUT2D eigenvalue weighted by atomic mass is 10.0. The highest BCUT2D eigenvalue weighted by atomic mass is 35.5. The number of esters is 1. The Balaban J connectivity index is 2.05. The normalized spacial score (nSPS) is 16.8. The van der Waals surface area contributed by atoms with Crippen LogP contribution in [-0.4, -0.2) is 28.0 Å². The third-order valence-corrected chi connectivity index (χ3v) is 6.36. The summed E-state index contributed by atoms with van der Waals surface area (Å²) < 4.78 is 32.1. The zero-order valence-electron chi connectivity index (χ0n) is 13.2. The van der Waals surface area contributed by atoms with E-state index in [1.807, 2.05) is 19.1 Å². The molecule has 0 spiro atoms. The van der Waals surface area contributed by atoms with Crippen LogP contribution < -0.4 is 4.31 Å². The molecule has 0 saturated carbocycles. The topological polar surface area (TPSA) is 63.7 Å². The van der Waals surface area contributed by atoms with Crippen molar-refractivity contribution in [3.05, 3.63) is 58.6 Å². The molecule has 1 aliphatic rings. The molecule has 5 nitrogen and oxygen atoms in total. The fraction of sp³-hybridized carbons (Fsp3) is 0.235. The summed E-state index contributed by atoms with van der Waals surface area (Å²) in [5.41, 5.74) is 1.86. The number of ether oxygens (including phenoxy) is 1. The number of benzene rings is 2. The van der Waals surface area contributed by atoms with E-state index in [4.69, 9.17) is 11.6 Å². The van der Waals surface area contributed by atoms with Gasteiger partial charge in [-0.1, -0.05) is 36.7 Å². The van der Waals surface area contributed by atoms with E-state index < -0.39 is 16.0 Å². The van der Waals surface area contributed by atoms with Crippen molar-refractivity contribution >= 4 is 33.3 Å². The molecule has 0 amide bonds. The minimum absolute atomic E-state index is 0.00469. The van der Waals surface area contributed by atoms with Crippen LogP contribution in [0.4, 0.5) is 5.69 Å². The van der Waals surface area contributed by atoms with Crippen molar-refractivity contribution < 1.29 is 17.9 Å². The number of fused-ring (bicyclic) bond motifs is 1. The molecule has 1 unspecified atom stereocenters. The molecular weight excluding hydrogens is 350 g/mol. The molecule has 1 aliphatic heterocycles. The van der Waals surface area contributed by atoms with Crippen LogP contribution in [0.15, 0.2) is 47.4 Å². The first-order valence-electron chi connectivity index (χ1n) is 7.36. The van der Waals surface area contributed by atoms with Gasteiger partial charge in [0.05, 0.1) is 23.4 Å². The summed E-state index contributed by atoms with van der Waals surface area (Å²) in [6.45, 7) is 2.34. The Labute approximate surface area is 145 Å². The van der Waals surface area contributed by atoms with Gasteiger partial charge in [0.1, 0.15) is 4.90 Å². The molecule has 0 bridgehead atoms. The van der Waals surface area contributed by atoms with Crippen LogP contribution in [0.1, 0.15) is 28.8 Å². The van der Waals surface area contributed by atoms with Crippen LogP contribution in [0.3, 0.4) is 0 Å². The van der Waals surface area contributed by atoms with Crippen LogP contribution in [0.25, 0.3) is 0 Å². The molecule has 24 heavy (non-hydrogen) atoms. The van der Waals surface area contributed by atoms with Crippen molar-refractivity contribution in [2.24, 2.45) is 0 Å². The largest absolute Gasteiger partial charge is 0.465 e. The highest BCUT2D eigenvalue weighted by Crippen LogP contribution is 2.40. The second kappa shape index (κ2) is 6.11. The Morgan fingerprint density at radius 2 is 1.96 bits per heavy atom. The number of hydrogen-bond acceptors (Lipinski definition) is 4. The van der Waals surface area contributed by atoms with Crippen molar-refractivity contribution in [1.29, 1.82) is 0 Å². The van der Waals surface area contributed by atoms with Gasteiger partial charge in [-0.3, -0.25) is 4.31 Å². The standard InChI is InChI=1S/C17H16ClNO4S/c1-11-10-19(15-6-4-3-5-13(11)15)24(21,22)16-8-7-12(9-14(16)18)17(20)23-2/h3-9,11H,10H2,1-2H3. The number of halogens is 1. The molecule has 3 rings (SSSR count). The minimum Gasteiger partial charge on any atom is -0.465 e. The molecule has 0 saturated heterocycles. The van der Waals surface area contributed by atoms with Gasteiger partial charge in [0.25, 0.3) is 10.0 Å². The lowest BCUT2D eigenvalue weighted by Crippen LogP contribution is -2.30. The smallest absolute Gasteiger partial charge is 0.337 e. The van der Waals surface area contributed by atoms with E-state index in [9.17, 15) is 13.2 Å². The van der Waals surface area contributed by atoms with Crippen molar-refractivity contribution in [2.45, 2.75) is 17.7 Å². The number of sulfonamides is 1. The summed E-state index contributed by atoms with van der Waals surface area (Å²) in [7, 11) is -2.56. The van der Waals surface area contributed by atoms with Crippen LogP contribution in [0, 0.1) is 0 Å². The van der Waals surface area contributed by atoms with Crippen LogP contribution in [0.5, 0.6) is 0 Å². The van der Waals surface area contributed by atoms with Gasteiger partial charge in [-0.25, -0.2) is 13.2 Å². The number of carbonyl (C=O) groups excluding carboxylic acids is 1. The summed E-state index contributed by atoms with van der Waals surface area (Å²) in [5, 5.41) is -0.00469. The van der Waals surface area contributed by atoms with Crippen LogP contribution >= 0.6 is 11.6 Å². The summed E-state index contributed by atoms with van der Waals surface area (Å²) in [4.78, 5) is 11.5. The number of anilines is 1. The van der Waals surface area contributed by atoms with Crippen molar-refractivity contribution in [3.8, 4) is 0 Å². The number of methoxy groups -OCH3 is 1. The van der Waals surface area contributed by atoms with E-state index in [-0.39, 0.29) is 21.4 Å². The van der Waals surface area contributed by atoms with Gasteiger partial charge < -0.3 is 4.74 Å². The number of rotatable bonds is 3. The van der Waals surface area contributed by atoms with E-state index in [1.165, 1.54) is 29.6 Å². The molecule has 1 heterocycles. The van der Waals surface area contributed by atoms with E-state index in [2.05, 4.69) is 4.74 Å². The molecule has 126 valence electrons. The highest BCUT2D eigenvalue weighted by molar-refractivity contribution is 7.93. The minimum atomic E-state index is -3.82. The van der Waals surface area contributed by atoms with Gasteiger partial charge in [0, 0.05) is 12.5 Å². The van der Waals surface area contributed by atoms with Gasteiger partial charge in [-0.15, -0.1) is 0 Å². The maximum absolute atomic E-state index is 13.0. The monoisotopic (exact) mass is 365 g/mol. The molecule has 0 radical (unpaired) electrons. The van der Waals surface area contributed by atoms with E-state index in [0.717, 1.165) is 5.56 Å². The summed E-state index contributed by atoms with van der Waals surface area (Å²) in [6.07, 6.45) is 0. The predicted molar refractivity (Wildman–Crippen MR) is 92.2 cm³/mol. The Morgan fingerprint density at radius 3 is 2.62 bits per heavy atom. The molecule has 7 heteroatoms. The molecule has 2 aromatic carbocycles. The first-order chi connectivity index (χ1) is 11.4. The van der Waals surface area contributed by atoms with E-state index >= 15 is 0 Å². The Hall–Kier alpha value is -2.05. The molecule has 0 aliphatic carbocycles. The number of nitrogens with zero attached hydrogens (tertiary/aromatic N) is 1. The lowest BCUT2D eigenvalue weighted by molar-refractivity contribution is 0.0600. The first-order valence-corrected chi connectivity index (χ1v) is 9.17. The number of para-hydroxylation sites is 1. The van der Waals surface area contributed by atoms with Crippen LogP contribution in [0.2, 0.25) is 5.02 Å². The van der Waals surface area contributed by atoms with Crippen molar-refractivity contribution in [3.63, 3.8) is 0 Å². The first kappa shape index (κ1) is 16.8. The van der Waals surface area contributed by atoms with Gasteiger partial charge in [0.15, 0.2) is 0 Å². The molecule has 0 N–H and O–H groups in total. The quantitative estimate of drug-likeness (QED) is 0.781. The van der Waals surface area contributed by atoms with Crippen LogP contribution in [-0.2, 0) is 14.8 Å². The SMILES string of the molecule is COC(=O)c1ccc(S(=O)(=O)N2CC(C)c3ccccc32)c(Cl)c1. The van der Waals surface area contributed by atoms with Gasteiger partial charge in [-0.2, -0.15) is 0 Å². The second-order valence-electron chi connectivity index (χ2n) is 5.63. The third-order valence-electron chi connectivity index (χ3n) is 4.10. The Bertz CT molecular complexity index is 911. The fourth-order valence-electron chi connectivity index (χ4n) is 2.88. The Kier molecular flexibility index (Phi) is 4.27. The third kappa shape index (κ3) is 2.65. The maximum Gasteiger partial charge on any atom is 0.337 e. The van der Waals surface area contributed by atoms with Gasteiger partial charge in [-0.05, 0) is 29.8 Å². The van der Waals surface area contributed by atoms with E-state index in [1.54, 1.807) is 12.1 Å². The molecule has 2 aromatic rings. The Morgan fingerprint density at radius 1 is 1.25 bits per heavy atom. The van der Waals surface area contributed by atoms with Gasteiger partial charge in [0.2, 0.25) is 0 Å². The second-order valence-corrected chi connectivity index (χ2v) is 7.87. The zero-order valence-corrected chi connectivity index (χ0v) is 14.8. The highest BCUT2D eigenvalue weighted by Gasteiger charge is 2.35. The molecule has 1 atom stereocenters. The van der Waals surface area contributed by atoms with Crippen molar-refractivity contribution in [1.82, 2.24) is 0 Å². The number of hydrogen-bond donors (Lipinski definition) is 0. The van der Waals surface area contributed by atoms with Gasteiger partial charge >= 0.3 is 5.97 Å².